The molecular formula is C14H24N2O. The van der Waals surface area contributed by atoms with Crippen LogP contribution in [0.3, 0.4) is 0 Å². The second kappa shape index (κ2) is 5.23. The predicted molar refractivity (Wildman–Crippen MR) is 70.8 cm³/mol. The van der Waals surface area contributed by atoms with E-state index in [1.54, 1.807) is 7.11 Å². The van der Waals surface area contributed by atoms with Gasteiger partial charge in [0.25, 0.3) is 0 Å². The Bertz CT molecular complexity index is 322. The van der Waals surface area contributed by atoms with E-state index < -0.39 is 0 Å². The monoisotopic (exact) mass is 236 g/mol. The second-order valence-corrected chi connectivity index (χ2v) is 5.35. The molecule has 3 unspecified atom stereocenters. The Morgan fingerprint density at radius 2 is 2.18 bits per heavy atom. The quantitative estimate of drug-likeness (QED) is 0.726. The van der Waals surface area contributed by atoms with Crippen molar-refractivity contribution in [2.45, 2.75) is 24.9 Å². The number of ether oxygens (including phenoxy) is 1. The van der Waals surface area contributed by atoms with Gasteiger partial charge < -0.3 is 9.64 Å². The molecule has 1 saturated heterocycles. The van der Waals surface area contributed by atoms with E-state index in [1.165, 1.54) is 19.4 Å². The summed E-state index contributed by atoms with van der Waals surface area (Å²) < 4.78 is 5.38. The molecule has 0 aromatic carbocycles. The maximum absolute atomic E-state index is 5.38. The summed E-state index contributed by atoms with van der Waals surface area (Å²) in [5, 5.41) is 0. The van der Waals surface area contributed by atoms with Gasteiger partial charge in [0.15, 0.2) is 0 Å². The van der Waals surface area contributed by atoms with Crippen LogP contribution in [-0.2, 0) is 4.74 Å². The molecule has 1 aliphatic carbocycles. The highest BCUT2D eigenvalue weighted by Gasteiger charge is 2.34. The minimum atomic E-state index is 0.517. The minimum absolute atomic E-state index is 0.517. The highest BCUT2D eigenvalue weighted by Crippen LogP contribution is 2.31. The van der Waals surface area contributed by atoms with Crippen molar-refractivity contribution in [1.29, 1.82) is 0 Å². The summed E-state index contributed by atoms with van der Waals surface area (Å²) in [5.74, 6) is 1.55. The second-order valence-electron chi connectivity index (χ2n) is 5.35. The van der Waals surface area contributed by atoms with E-state index in [-0.39, 0.29) is 0 Å². The fourth-order valence-electron chi connectivity index (χ4n) is 3.07. The Balaban J connectivity index is 2.27. The van der Waals surface area contributed by atoms with E-state index in [9.17, 15) is 0 Å². The van der Waals surface area contributed by atoms with Crippen LogP contribution in [0.5, 0.6) is 0 Å². The number of likely N-dealkylation sites (tertiary alicyclic amines) is 1. The standard InChI is InChI=1S/C14H24N2O/c1-15(2)13-6-5-9-16(3)14-8-7-11(17-4)10-12(13)14/h7-8,10,12-14H,5-6,9H2,1-4H3. The summed E-state index contributed by atoms with van der Waals surface area (Å²) >= 11 is 0. The van der Waals surface area contributed by atoms with Gasteiger partial charge in [-0.15, -0.1) is 0 Å². The van der Waals surface area contributed by atoms with Crippen molar-refractivity contribution in [2.75, 3.05) is 34.8 Å². The van der Waals surface area contributed by atoms with Gasteiger partial charge in [-0.3, -0.25) is 4.90 Å². The van der Waals surface area contributed by atoms with Crippen LogP contribution >= 0.6 is 0 Å². The van der Waals surface area contributed by atoms with E-state index in [1.807, 2.05) is 0 Å². The zero-order valence-corrected chi connectivity index (χ0v) is 11.4. The fraction of sp³-hybridized carbons (Fsp3) is 0.714. The lowest BCUT2D eigenvalue weighted by Crippen LogP contribution is -2.44. The number of nitrogens with zero attached hydrogens (tertiary/aromatic N) is 2. The van der Waals surface area contributed by atoms with E-state index >= 15 is 0 Å². The van der Waals surface area contributed by atoms with Crippen LogP contribution in [0.15, 0.2) is 24.0 Å². The van der Waals surface area contributed by atoms with Gasteiger partial charge in [-0.2, -0.15) is 0 Å². The number of hydrogen-bond donors (Lipinski definition) is 0. The molecule has 0 amide bonds. The van der Waals surface area contributed by atoms with Gasteiger partial charge in [-0.1, -0.05) is 6.08 Å². The first-order valence-electron chi connectivity index (χ1n) is 6.44. The lowest BCUT2D eigenvalue weighted by molar-refractivity contribution is 0.174. The van der Waals surface area contributed by atoms with Crippen molar-refractivity contribution in [1.82, 2.24) is 9.80 Å². The van der Waals surface area contributed by atoms with Crippen LogP contribution < -0.4 is 0 Å². The van der Waals surface area contributed by atoms with Crippen molar-refractivity contribution in [3.05, 3.63) is 24.0 Å². The Hall–Kier alpha value is -0.800. The molecule has 0 aromatic heterocycles. The number of hydrogen-bond acceptors (Lipinski definition) is 3. The Labute approximate surface area is 105 Å². The first-order chi connectivity index (χ1) is 8.13. The zero-order chi connectivity index (χ0) is 12.4. The number of likely N-dealkylation sites (N-methyl/N-ethyl adjacent to an activating group) is 1. The van der Waals surface area contributed by atoms with Crippen LogP contribution in [0.1, 0.15) is 12.8 Å². The molecule has 0 spiro atoms. The molecule has 3 heteroatoms. The van der Waals surface area contributed by atoms with Gasteiger partial charge in [-0.05, 0) is 52.7 Å². The lowest BCUT2D eigenvalue weighted by atomic mass is 9.85. The van der Waals surface area contributed by atoms with E-state index in [4.69, 9.17) is 4.74 Å². The predicted octanol–water partition coefficient (Wildman–Crippen LogP) is 1.73. The van der Waals surface area contributed by atoms with Crippen molar-refractivity contribution in [3.8, 4) is 0 Å². The first-order valence-corrected chi connectivity index (χ1v) is 6.44. The molecule has 0 N–H and O–H groups in total. The van der Waals surface area contributed by atoms with Gasteiger partial charge in [0, 0.05) is 18.0 Å². The first kappa shape index (κ1) is 12.7. The summed E-state index contributed by atoms with van der Waals surface area (Å²) in [6, 6.07) is 1.13. The van der Waals surface area contributed by atoms with Crippen LogP contribution in [0.25, 0.3) is 0 Å². The largest absolute Gasteiger partial charge is 0.497 e. The topological polar surface area (TPSA) is 15.7 Å². The highest BCUT2D eigenvalue weighted by atomic mass is 16.5. The third kappa shape index (κ3) is 2.55. The van der Waals surface area contributed by atoms with E-state index in [0.29, 0.717) is 18.0 Å². The van der Waals surface area contributed by atoms with Crippen LogP contribution in [-0.4, -0.2) is 56.7 Å². The zero-order valence-electron chi connectivity index (χ0n) is 11.4. The molecule has 2 aliphatic rings. The van der Waals surface area contributed by atoms with Crippen LogP contribution in [0, 0.1) is 5.92 Å². The van der Waals surface area contributed by atoms with Gasteiger partial charge in [0.2, 0.25) is 0 Å². The molecular weight excluding hydrogens is 212 g/mol. The minimum Gasteiger partial charge on any atom is -0.497 e. The van der Waals surface area contributed by atoms with Gasteiger partial charge in [0.1, 0.15) is 5.76 Å². The van der Waals surface area contributed by atoms with Crippen molar-refractivity contribution >= 4 is 0 Å². The molecule has 0 aromatic rings. The number of fused-ring (bicyclic) bond motifs is 1. The molecule has 2 rings (SSSR count). The Morgan fingerprint density at radius 1 is 1.41 bits per heavy atom. The maximum atomic E-state index is 5.38. The fourth-order valence-corrected chi connectivity index (χ4v) is 3.07. The van der Waals surface area contributed by atoms with E-state index in [2.05, 4.69) is 49.2 Å². The Morgan fingerprint density at radius 3 is 2.82 bits per heavy atom. The van der Waals surface area contributed by atoms with Crippen molar-refractivity contribution in [2.24, 2.45) is 5.92 Å². The third-order valence-corrected chi connectivity index (χ3v) is 4.07. The summed E-state index contributed by atoms with van der Waals surface area (Å²) in [7, 11) is 8.35. The van der Waals surface area contributed by atoms with Gasteiger partial charge >= 0.3 is 0 Å². The van der Waals surface area contributed by atoms with Crippen molar-refractivity contribution < 1.29 is 4.74 Å². The van der Waals surface area contributed by atoms with Crippen LogP contribution in [0.4, 0.5) is 0 Å². The molecule has 3 atom stereocenters. The van der Waals surface area contributed by atoms with E-state index in [0.717, 1.165) is 5.76 Å². The van der Waals surface area contributed by atoms with Crippen LogP contribution in [0.2, 0.25) is 0 Å². The average molecular weight is 236 g/mol. The summed E-state index contributed by atoms with van der Waals surface area (Å²) in [6.45, 7) is 1.19. The maximum Gasteiger partial charge on any atom is 0.115 e. The molecule has 96 valence electrons. The molecule has 0 saturated carbocycles. The number of methoxy groups -OCH3 is 1. The molecule has 17 heavy (non-hydrogen) atoms. The molecule has 1 fully saturated rings. The summed E-state index contributed by atoms with van der Waals surface area (Å²) in [5.41, 5.74) is 0. The normalized spacial score (nSPS) is 34.2. The lowest BCUT2D eigenvalue weighted by Gasteiger charge is -2.37. The SMILES string of the molecule is COC1=CC2C(N(C)C)CCCN(C)C2C=C1. The number of allylic oxidation sites excluding steroid dienone is 1. The molecule has 1 aliphatic heterocycles. The third-order valence-electron chi connectivity index (χ3n) is 4.07. The summed E-state index contributed by atoms with van der Waals surface area (Å²) in [4.78, 5) is 4.83. The smallest absolute Gasteiger partial charge is 0.115 e. The summed E-state index contributed by atoms with van der Waals surface area (Å²) in [6.07, 6.45) is 9.24. The molecule has 1 heterocycles. The molecule has 3 nitrogen and oxygen atoms in total. The molecule has 0 radical (unpaired) electrons. The van der Waals surface area contributed by atoms with Gasteiger partial charge in [0.05, 0.1) is 7.11 Å². The van der Waals surface area contributed by atoms with Gasteiger partial charge in [-0.25, -0.2) is 0 Å². The highest BCUT2D eigenvalue weighted by molar-refractivity contribution is 5.25. The Kier molecular flexibility index (Phi) is 3.89. The number of rotatable bonds is 2. The molecule has 0 bridgehead atoms. The van der Waals surface area contributed by atoms with Crippen molar-refractivity contribution in [3.63, 3.8) is 0 Å². The average Bonchev–Trinajstić information content (AvgIpc) is 2.48.